The summed E-state index contributed by atoms with van der Waals surface area (Å²) in [4.78, 5) is 23.6. The molecule has 28 heavy (non-hydrogen) atoms. The molecule has 0 bridgehead atoms. The zero-order chi connectivity index (χ0) is 20.3. The highest BCUT2D eigenvalue weighted by atomic mass is 32.2. The van der Waals surface area contributed by atoms with Crippen LogP contribution in [0.4, 0.5) is 15.8 Å². The fourth-order valence-electron chi connectivity index (χ4n) is 2.95. The number of nitrogens with one attached hydrogen (secondary N) is 2. The maximum absolute atomic E-state index is 13.7. The summed E-state index contributed by atoms with van der Waals surface area (Å²) in [6.45, 7) is 2.26. The Morgan fingerprint density at radius 3 is 2.25 bits per heavy atom. The number of carbonyl (C=O) groups excluding carboxylic acids is 2. The van der Waals surface area contributed by atoms with Crippen LogP contribution in [0.15, 0.2) is 47.4 Å². The van der Waals surface area contributed by atoms with Crippen LogP contribution >= 0.6 is 0 Å². The molecule has 2 aromatic rings. The van der Waals surface area contributed by atoms with Gasteiger partial charge in [-0.2, -0.15) is 4.31 Å². The maximum Gasteiger partial charge on any atom is 0.255 e. The van der Waals surface area contributed by atoms with E-state index in [0.29, 0.717) is 18.8 Å². The van der Waals surface area contributed by atoms with Gasteiger partial charge in [-0.1, -0.05) is 0 Å². The number of benzene rings is 2. The summed E-state index contributed by atoms with van der Waals surface area (Å²) >= 11 is 0. The van der Waals surface area contributed by atoms with Gasteiger partial charge in [-0.25, -0.2) is 12.8 Å². The van der Waals surface area contributed by atoms with Crippen LogP contribution in [0.5, 0.6) is 0 Å². The molecule has 2 amide bonds. The van der Waals surface area contributed by atoms with Crippen LogP contribution in [-0.2, 0) is 14.8 Å². The lowest BCUT2D eigenvalue weighted by Crippen LogP contribution is -2.27. The number of nitrogens with zero attached hydrogens (tertiary/aromatic N) is 1. The van der Waals surface area contributed by atoms with E-state index in [0.717, 1.165) is 18.9 Å². The molecular weight excluding hydrogens is 385 g/mol. The van der Waals surface area contributed by atoms with E-state index in [9.17, 15) is 22.4 Å². The number of amides is 2. The van der Waals surface area contributed by atoms with Crippen LogP contribution in [0.3, 0.4) is 0 Å². The third-order valence-electron chi connectivity index (χ3n) is 4.35. The van der Waals surface area contributed by atoms with Crippen molar-refractivity contribution in [3.8, 4) is 0 Å². The van der Waals surface area contributed by atoms with Crippen molar-refractivity contribution in [1.82, 2.24) is 4.31 Å². The molecule has 0 aliphatic carbocycles. The van der Waals surface area contributed by atoms with Gasteiger partial charge in [-0.3, -0.25) is 9.59 Å². The number of anilines is 2. The molecule has 3 rings (SSSR count). The maximum atomic E-state index is 13.7. The molecular formula is C19H20FN3O4S. The Labute approximate surface area is 162 Å². The highest BCUT2D eigenvalue weighted by Gasteiger charge is 2.27. The minimum Gasteiger partial charge on any atom is -0.324 e. The van der Waals surface area contributed by atoms with Gasteiger partial charge in [0.15, 0.2) is 0 Å². The molecule has 0 unspecified atom stereocenters. The average molecular weight is 405 g/mol. The number of carbonyl (C=O) groups is 2. The zero-order valence-electron chi connectivity index (χ0n) is 15.2. The number of hydrogen-bond acceptors (Lipinski definition) is 4. The van der Waals surface area contributed by atoms with Gasteiger partial charge in [-0.05, 0) is 55.3 Å². The second kappa shape index (κ2) is 8.07. The molecule has 1 saturated heterocycles. The predicted molar refractivity (Wildman–Crippen MR) is 103 cm³/mol. The van der Waals surface area contributed by atoms with E-state index >= 15 is 0 Å². The molecule has 0 aromatic heterocycles. The molecule has 2 N–H and O–H groups in total. The first-order chi connectivity index (χ1) is 13.3. The highest BCUT2D eigenvalue weighted by molar-refractivity contribution is 7.89. The van der Waals surface area contributed by atoms with Gasteiger partial charge >= 0.3 is 0 Å². The first kappa shape index (κ1) is 20.0. The summed E-state index contributed by atoms with van der Waals surface area (Å²) in [7, 11) is -3.54. The van der Waals surface area contributed by atoms with Gasteiger partial charge in [0, 0.05) is 31.3 Å². The third kappa shape index (κ3) is 4.37. The van der Waals surface area contributed by atoms with Crippen molar-refractivity contribution < 1.29 is 22.4 Å². The summed E-state index contributed by atoms with van der Waals surface area (Å²) in [6.07, 6.45) is 1.69. The van der Waals surface area contributed by atoms with E-state index in [-0.39, 0.29) is 16.1 Å². The van der Waals surface area contributed by atoms with Crippen molar-refractivity contribution in [2.75, 3.05) is 23.7 Å². The quantitative estimate of drug-likeness (QED) is 0.800. The van der Waals surface area contributed by atoms with Gasteiger partial charge in [-0.15, -0.1) is 0 Å². The first-order valence-corrected chi connectivity index (χ1v) is 10.2. The van der Waals surface area contributed by atoms with Crippen LogP contribution in [0.25, 0.3) is 0 Å². The van der Waals surface area contributed by atoms with Crippen molar-refractivity contribution in [2.24, 2.45) is 0 Å². The summed E-state index contributed by atoms with van der Waals surface area (Å²) in [5.41, 5.74) is 0.507. The normalized spacial score (nSPS) is 14.6. The molecule has 1 aliphatic heterocycles. The predicted octanol–water partition coefficient (Wildman–Crippen LogP) is 2.82. The fourth-order valence-corrected chi connectivity index (χ4v) is 4.46. The summed E-state index contributed by atoms with van der Waals surface area (Å²) in [6, 6.07) is 9.46. The molecule has 1 fully saturated rings. The molecule has 7 nitrogen and oxygen atoms in total. The molecule has 0 atom stereocenters. The van der Waals surface area contributed by atoms with Crippen LogP contribution < -0.4 is 10.6 Å². The van der Waals surface area contributed by atoms with Gasteiger partial charge in [0.1, 0.15) is 5.82 Å². The molecule has 9 heteroatoms. The van der Waals surface area contributed by atoms with E-state index in [2.05, 4.69) is 10.6 Å². The van der Waals surface area contributed by atoms with E-state index in [4.69, 9.17) is 0 Å². The standard InChI is InChI=1S/C19H20FN3O4S/c1-13(24)21-18-12-15(6-9-17(18)20)22-19(25)14-4-7-16(8-5-14)28(26,27)23-10-2-3-11-23/h4-9,12H,2-3,10-11H2,1H3,(H,21,24)(H,22,25). The largest absolute Gasteiger partial charge is 0.324 e. The van der Waals surface area contributed by atoms with E-state index in [1.165, 1.54) is 47.6 Å². The number of sulfonamides is 1. The highest BCUT2D eigenvalue weighted by Crippen LogP contribution is 2.23. The topological polar surface area (TPSA) is 95.6 Å². The average Bonchev–Trinajstić information content (AvgIpc) is 3.20. The Morgan fingerprint density at radius 1 is 1.00 bits per heavy atom. The second-order valence-corrected chi connectivity index (χ2v) is 8.40. The Hall–Kier alpha value is -2.78. The Kier molecular flexibility index (Phi) is 5.76. The van der Waals surface area contributed by atoms with Gasteiger partial charge in [0.2, 0.25) is 15.9 Å². The van der Waals surface area contributed by atoms with E-state index in [1.54, 1.807) is 0 Å². The van der Waals surface area contributed by atoms with Crippen LogP contribution in [0.2, 0.25) is 0 Å². The summed E-state index contributed by atoms with van der Waals surface area (Å²) in [5.74, 6) is -1.53. The third-order valence-corrected chi connectivity index (χ3v) is 6.27. The fraction of sp³-hybridized carbons (Fsp3) is 0.263. The minimum absolute atomic E-state index is 0.0441. The lowest BCUT2D eigenvalue weighted by molar-refractivity contribution is -0.114. The Morgan fingerprint density at radius 2 is 1.64 bits per heavy atom. The minimum atomic E-state index is -3.54. The molecule has 0 radical (unpaired) electrons. The molecule has 1 aliphatic rings. The monoisotopic (exact) mass is 405 g/mol. The molecule has 2 aromatic carbocycles. The number of hydrogen-bond donors (Lipinski definition) is 2. The van der Waals surface area contributed by atoms with Gasteiger partial charge < -0.3 is 10.6 Å². The molecule has 0 spiro atoms. The van der Waals surface area contributed by atoms with Crippen LogP contribution in [-0.4, -0.2) is 37.6 Å². The lowest BCUT2D eigenvalue weighted by atomic mass is 10.2. The Bertz CT molecular complexity index is 1000. The lowest BCUT2D eigenvalue weighted by Gasteiger charge is -2.15. The molecule has 0 saturated carbocycles. The van der Waals surface area contributed by atoms with Crippen molar-refractivity contribution in [3.05, 3.63) is 53.8 Å². The van der Waals surface area contributed by atoms with Crippen molar-refractivity contribution in [1.29, 1.82) is 0 Å². The van der Waals surface area contributed by atoms with Crippen molar-refractivity contribution in [2.45, 2.75) is 24.7 Å². The van der Waals surface area contributed by atoms with Crippen molar-refractivity contribution in [3.63, 3.8) is 0 Å². The van der Waals surface area contributed by atoms with Crippen molar-refractivity contribution >= 4 is 33.2 Å². The summed E-state index contributed by atoms with van der Waals surface area (Å²) in [5, 5.41) is 4.94. The van der Waals surface area contributed by atoms with Crippen LogP contribution in [0, 0.1) is 5.82 Å². The molecule has 1 heterocycles. The smallest absolute Gasteiger partial charge is 0.255 e. The second-order valence-electron chi connectivity index (χ2n) is 6.47. The SMILES string of the molecule is CC(=O)Nc1cc(NC(=O)c2ccc(S(=O)(=O)N3CCCC3)cc2)ccc1F. The summed E-state index contributed by atoms with van der Waals surface area (Å²) < 4.78 is 40.2. The van der Waals surface area contributed by atoms with Gasteiger partial charge in [0.05, 0.1) is 10.6 Å². The Balaban J connectivity index is 1.74. The molecule has 148 valence electrons. The first-order valence-electron chi connectivity index (χ1n) is 8.76. The van der Waals surface area contributed by atoms with E-state index < -0.39 is 27.7 Å². The number of rotatable bonds is 5. The number of halogens is 1. The van der Waals surface area contributed by atoms with Gasteiger partial charge in [0.25, 0.3) is 5.91 Å². The van der Waals surface area contributed by atoms with E-state index in [1.807, 2.05) is 0 Å². The zero-order valence-corrected chi connectivity index (χ0v) is 16.1. The van der Waals surface area contributed by atoms with Crippen LogP contribution in [0.1, 0.15) is 30.1 Å².